The second-order valence-electron chi connectivity index (χ2n) is 6.38. The molecule has 0 saturated carbocycles. The molecule has 1 aromatic carbocycles. The number of carbonyl (C=O) groups is 1. The molecule has 3 rings (SSSR count). The van der Waals surface area contributed by atoms with E-state index in [9.17, 15) is 13.2 Å². The first kappa shape index (κ1) is 17.1. The molecular weight excluding hydrogens is 344 g/mol. The number of anilines is 1. The third kappa shape index (κ3) is 4.02. The molecule has 1 saturated heterocycles. The van der Waals surface area contributed by atoms with Crippen molar-refractivity contribution in [2.24, 2.45) is 5.92 Å². The van der Waals surface area contributed by atoms with Crippen LogP contribution < -0.4 is 5.32 Å². The zero-order valence-electron chi connectivity index (χ0n) is 13.7. The molecule has 0 spiro atoms. The highest BCUT2D eigenvalue weighted by Gasteiger charge is 2.29. The number of hydrogen-bond acceptors (Lipinski definition) is 5. The van der Waals surface area contributed by atoms with Crippen LogP contribution in [0.5, 0.6) is 0 Å². The van der Waals surface area contributed by atoms with Gasteiger partial charge in [-0.3, -0.25) is 4.79 Å². The van der Waals surface area contributed by atoms with Crippen LogP contribution in [0.2, 0.25) is 0 Å². The topological polar surface area (TPSA) is 76.1 Å². The molecule has 0 aliphatic carbocycles. The Bertz CT molecular complexity index is 872. The van der Waals surface area contributed by atoms with Gasteiger partial charge in [-0.2, -0.15) is 0 Å². The number of nitrogens with zero attached hydrogens (tertiary/aromatic N) is 1. The number of hydrogen-bond donors (Lipinski definition) is 1. The van der Waals surface area contributed by atoms with Crippen molar-refractivity contribution in [2.75, 3.05) is 16.8 Å². The van der Waals surface area contributed by atoms with Gasteiger partial charge in [0.1, 0.15) is 0 Å². The summed E-state index contributed by atoms with van der Waals surface area (Å²) in [5.74, 6) is 0.0675. The number of rotatable bonds is 4. The predicted octanol–water partition coefficient (Wildman–Crippen LogP) is 3.19. The lowest BCUT2D eigenvalue weighted by Crippen LogP contribution is -2.17. The van der Waals surface area contributed by atoms with Crippen molar-refractivity contribution in [1.82, 2.24) is 4.98 Å². The summed E-state index contributed by atoms with van der Waals surface area (Å²) in [6.07, 6.45) is 0.805. The molecule has 5 nitrogen and oxygen atoms in total. The molecular formula is C17H20N2O3S2. The van der Waals surface area contributed by atoms with Crippen LogP contribution in [0, 0.1) is 19.8 Å². The van der Waals surface area contributed by atoms with Gasteiger partial charge >= 0.3 is 0 Å². The monoisotopic (exact) mass is 364 g/mol. The van der Waals surface area contributed by atoms with Gasteiger partial charge < -0.3 is 5.32 Å². The molecule has 1 atom stereocenters. The Balaban J connectivity index is 1.64. The normalized spacial score (nSPS) is 19.3. The van der Waals surface area contributed by atoms with Gasteiger partial charge in [-0.1, -0.05) is 23.8 Å². The van der Waals surface area contributed by atoms with E-state index < -0.39 is 9.84 Å². The predicted molar refractivity (Wildman–Crippen MR) is 97.0 cm³/mol. The van der Waals surface area contributed by atoms with Crippen molar-refractivity contribution >= 4 is 32.2 Å². The van der Waals surface area contributed by atoms with E-state index in [1.165, 1.54) is 16.9 Å². The van der Waals surface area contributed by atoms with E-state index in [4.69, 9.17) is 0 Å². The number of sulfone groups is 1. The van der Waals surface area contributed by atoms with Crippen LogP contribution >= 0.6 is 11.3 Å². The van der Waals surface area contributed by atoms with Crippen molar-refractivity contribution < 1.29 is 13.2 Å². The number of thiazole rings is 1. The standard InChI is InChI=1S/C17H20N2O3S2/c1-11-3-4-14(12(2)7-11)15-9-23-17(18-15)19-16(20)8-13-5-6-24(21,22)10-13/h3-4,7,9,13H,5-6,8,10H2,1-2H3,(H,18,19,20). The van der Waals surface area contributed by atoms with E-state index in [1.54, 1.807) is 0 Å². The Morgan fingerprint density at radius 1 is 1.38 bits per heavy atom. The van der Waals surface area contributed by atoms with Crippen LogP contribution in [-0.2, 0) is 14.6 Å². The Morgan fingerprint density at radius 2 is 2.17 bits per heavy atom. The van der Waals surface area contributed by atoms with Crippen LogP contribution in [0.4, 0.5) is 5.13 Å². The van der Waals surface area contributed by atoms with Gasteiger partial charge in [-0.05, 0) is 31.7 Å². The Hall–Kier alpha value is -1.73. The van der Waals surface area contributed by atoms with E-state index in [2.05, 4.69) is 16.4 Å². The summed E-state index contributed by atoms with van der Waals surface area (Å²) in [6.45, 7) is 4.09. The molecule has 24 heavy (non-hydrogen) atoms. The van der Waals surface area contributed by atoms with E-state index >= 15 is 0 Å². The summed E-state index contributed by atoms with van der Waals surface area (Å²) in [4.78, 5) is 16.6. The lowest BCUT2D eigenvalue weighted by molar-refractivity contribution is -0.116. The first-order valence-electron chi connectivity index (χ1n) is 7.86. The smallest absolute Gasteiger partial charge is 0.226 e. The second kappa shape index (κ2) is 6.64. The van der Waals surface area contributed by atoms with Gasteiger partial charge in [-0.25, -0.2) is 13.4 Å². The van der Waals surface area contributed by atoms with Crippen molar-refractivity contribution in [1.29, 1.82) is 0 Å². The van der Waals surface area contributed by atoms with Crippen molar-refractivity contribution in [3.63, 3.8) is 0 Å². The minimum atomic E-state index is -2.95. The summed E-state index contributed by atoms with van der Waals surface area (Å²) in [5.41, 5.74) is 4.25. The third-order valence-electron chi connectivity index (χ3n) is 4.21. The molecule has 1 aliphatic heterocycles. The lowest BCUT2D eigenvalue weighted by Gasteiger charge is -2.06. The molecule has 128 valence electrons. The minimum Gasteiger partial charge on any atom is -0.302 e. The summed E-state index contributed by atoms with van der Waals surface area (Å²) in [6, 6.07) is 6.18. The van der Waals surface area contributed by atoms with Gasteiger partial charge in [0, 0.05) is 17.4 Å². The quantitative estimate of drug-likeness (QED) is 0.904. The molecule has 1 fully saturated rings. The summed E-state index contributed by atoms with van der Waals surface area (Å²) >= 11 is 1.38. The van der Waals surface area contributed by atoms with Crippen LogP contribution in [0.1, 0.15) is 24.0 Å². The summed E-state index contributed by atoms with van der Waals surface area (Å²) in [7, 11) is -2.95. The first-order chi connectivity index (χ1) is 11.3. The highest BCUT2D eigenvalue weighted by atomic mass is 32.2. The van der Waals surface area contributed by atoms with Gasteiger partial charge in [0.05, 0.1) is 17.2 Å². The minimum absolute atomic E-state index is 0.0752. The van der Waals surface area contributed by atoms with Crippen LogP contribution in [0.15, 0.2) is 23.6 Å². The second-order valence-corrected chi connectivity index (χ2v) is 9.46. The maximum absolute atomic E-state index is 12.1. The molecule has 1 unspecified atom stereocenters. The van der Waals surface area contributed by atoms with Crippen LogP contribution in [0.25, 0.3) is 11.3 Å². The highest BCUT2D eigenvalue weighted by molar-refractivity contribution is 7.91. The molecule has 1 aromatic heterocycles. The Kier molecular flexibility index (Phi) is 4.73. The Morgan fingerprint density at radius 3 is 2.83 bits per heavy atom. The van der Waals surface area contributed by atoms with E-state index in [-0.39, 0.29) is 29.8 Å². The summed E-state index contributed by atoms with van der Waals surface area (Å²) in [5, 5.41) is 5.27. The fourth-order valence-corrected chi connectivity index (χ4v) is 5.61. The van der Waals surface area contributed by atoms with Crippen molar-refractivity contribution in [3.05, 3.63) is 34.7 Å². The average molecular weight is 364 g/mol. The van der Waals surface area contributed by atoms with Gasteiger partial charge in [0.15, 0.2) is 15.0 Å². The molecule has 2 aromatic rings. The fourth-order valence-electron chi connectivity index (χ4n) is 3.02. The fraction of sp³-hybridized carbons (Fsp3) is 0.412. The zero-order valence-corrected chi connectivity index (χ0v) is 15.3. The molecule has 1 amide bonds. The Labute approximate surface area is 146 Å². The molecule has 0 bridgehead atoms. The number of nitrogens with one attached hydrogen (secondary N) is 1. The van der Waals surface area contributed by atoms with E-state index in [1.807, 2.05) is 31.4 Å². The number of amides is 1. The van der Waals surface area contributed by atoms with Gasteiger partial charge in [-0.15, -0.1) is 11.3 Å². The largest absolute Gasteiger partial charge is 0.302 e. The molecule has 1 aliphatic rings. The van der Waals surface area contributed by atoms with Gasteiger partial charge in [0.2, 0.25) is 5.91 Å². The third-order valence-corrected chi connectivity index (χ3v) is 6.80. The molecule has 1 N–H and O–H groups in total. The van der Waals surface area contributed by atoms with Crippen molar-refractivity contribution in [2.45, 2.75) is 26.7 Å². The molecule has 2 heterocycles. The maximum Gasteiger partial charge on any atom is 0.226 e. The maximum atomic E-state index is 12.1. The molecule has 0 radical (unpaired) electrons. The van der Waals surface area contributed by atoms with Crippen LogP contribution in [0.3, 0.4) is 0 Å². The summed E-state index contributed by atoms with van der Waals surface area (Å²) < 4.78 is 22.9. The number of aryl methyl sites for hydroxylation is 2. The number of benzene rings is 1. The zero-order chi connectivity index (χ0) is 17.3. The van der Waals surface area contributed by atoms with E-state index in [0.29, 0.717) is 11.6 Å². The van der Waals surface area contributed by atoms with E-state index in [0.717, 1.165) is 16.8 Å². The number of aromatic nitrogens is 1. The van der Waals surface area contributed by atoms with Crippen LogP contribution in [-0.4, -0.2) is 30.8 Å². The SMILES string of the molecule is Cc1ccc(-c2csc(NC(=O)CC3CCS(=O)(=O)C3)n2)c(C)c1. The highest BCUT2D eigenvalue weighted by Crippen LogP contribution is 2.28. The number of carbonyl (C=O) groups excluding carboxylic acids is 1. The average Bonchev–Trinajstić information content (AvgIpc) is 3.05. The first-order valence-corrected chi connectivity index (χ1v) is 10.6. The lowest BCUT2D eigenvalue weighted by atomic mass is 10.0. The van der Waals surface area contributed by atoms with Gasteiger partial charge in [0.25, 0.3) is 0 Å². The van der Waals surface area contributed by atoms with Crippen molar-refractivity contribution in [3.8, 4) is 11.3 Å². The molecule has 7 heteroatoms.